The van der Waals surface area contributed by atoms with Gasteiger partial charge in [0.2, 0.25) is 0 Å². The molecule has 0 aromatic heterocycles. The fraction of sp³-hybridized carbons (Fsp3) is 1.00. The van der Waals surface area contributed by atoms with E-state index >= 15 is 0 Å². The molecule has 1 saturated heterocycles. The second kappa shape index (κ2) is 3.97. The zero-order valence-corrected chi connectivity index (χ0v) is 8.71. The molecular formula is C11H22N2. The first-order valence-electron chi connectivity index (χ1n) is 5.79. The lowest BCUT2D eigenvalue weighted by Crippen LogP contribution is -2.55. The number of piperidine rings is 1. The van der Waals surface area contributed by atoms with Crippen molar-refractivity contribution in [3.05, 3.63) is 0 Å². The van der Waals surface area contributed by atoms with Crippen molar-refractivity contribution in [1.29, 1.82) is 0 Å². The van der Waals surface area contributed by atoms with Gasteiger partial charge in [0.1, 0.15) is 0 Å². The third-order valence-corrected chi connectivity index (χ3v) is 3.76. The first-order chi connectivity index (χ1) is 6.31. The topological polar surface area (TPSA) is 29.3 Å². The highest BCUT2D eigenvalue weighted by atomic mass is 15.1. The predicted octanol–water partition coefficient (Wildman–Crippen LogP) is 1.46. The average Bonchev–Trinajstić information content (AvgIpc) is 2.07. The van der Waals surface area contributed by atoms with Crippen LogP contribution >= 0.6 is 0 Å². The van der Waals surface area contributed by atoms with Crippen molar-refractivity contribution in [2.24, 2.45) is 17.6 Å². The molecule has 2 fully saturated rings. The van der Waals surface area contributed by atoms with E-state index in [1.807, 2.05) is 0 Å². The van der Waals surface area contributed by atoms with Crippen LogP contribution in [0.5, 0.6) is 0 Å². The van der Waals surface area contributed by atoms with Crippen LogP contribution in [0.2, 0.25) is 0 Å². The summed E-state index contributed by atoms with van der Waals surface area (Å²) in [7, 11) is 0. The van der Waals surface area contributed by atoms with Gasteiger partial charge in [0.15, 0.2) is 0 Å². The lowest BCUT2D eigenvalue weighted by atomic mass is 9.74. The molecule has 13 heavy (non-hydrogen) atoms. The second-order valence-corrected chi connectivity index (χ2v) is 4.79. The van der Waals surface area contributed by atoms with E-state index in [2.05, 4.69) is 11.8 Å². The summed E-state index contributed by atoms with van der Waals surface area (Å²) >= 11 is 0. The van der Waals surface area contributed by atoms with E-state index in [4.69, 9.17) is 5.73 Å². The fourth-order valence-corrected chi connectivity index (χ4v) is 3.07. The van der Waals surface area contributed by atoms with E-state index in [9.17, 15) is 0 Å². The summed E-state index contributed by atoms with van der Waals surface area (Å²) in [6.07, 6.45) is 5.45. The van der Waals surface area contributed by atoms with Gasteiger partial charge in [-0.15, -0.1) is 0 Å². The van der Waals surface area contributed by atoms with Crippen molar-refractivity contribution in [1.82, 2.24) is 4.90 Å². The third kappa shape index (κ3) is 1.89. The van der Waals surface area contributed by atoms with Gasteiger partial charge in [0.25, 0.3) is 0 Å². The average molecular weight is 182 g/mol. The summed E-state index contributed by atoms with van der Waals surface area (Å²) in [5, 5.41) is 0. The van der Waals surface area contributed by atoms with Gasteiger partial charge in [-0.3, -0.25) is 0 Å². The normalized spacial score (nSPS) is 40.6. The highest BCUT2D eigenvalue weighted by molar-refractivity contribution is 4.92. The Bertz CT molecular complexity index is 155. The number of fused-ring (bicyclic) bond motifs is 2. The zero-order valence-electron chi connectivity index (χ0n) is 8.71. The molecule has 0 aromatic rings. The molecular weight excluding hydrogens is 160 g/mol. The van der Waals surface area contributed by atoms with Crippen LogP contribution in [0.15, 0.2) is 0 Å². The SMILES string of the molecule is CCCN1CC2CCCC(C1)C2N. The molecule has 2 N–H and O–H groups in total. The fourth-order valence-electron chi connectivity index (χ4n) is 3.07. The van der Waals surface area contributed by atoms with Gasteiger partial charge in [-0.2, -0.15) is 0 Å². The van der Waals surface area contributed by atoms with Gasteiger partial charge in [-0.1, -0.05) is 13.3 Å². The molecule has 0 amide bonds. The summed E-state index contributed by atoms with van der Waals surface area (Å²) in [6, 6.07) is 0.516. The van der Waals surface area contributed by atoms with Crippen LogP contribution in [0.25, 0.3) is 0 Å². The molecule has 2 nitrogen and oxygen atoms in total. The molecule has 76 valence electrons. The number of likely N-dealkylation sites (tertiary alicyclic amines) is 1. The van der Waals surface area contributed by atoms with E-state index < -0.39 is 0 Å². The zero-order chi connectivity index (χ0) is 9.26. The molecule has 1 aliphatic carbocycles. The van der Waals surface area contributed by atoms with Gasteiger partial charge in [0.05, 0.1) is 0 Å². The van der Waals surface area contributed by atoms with Crippen molar-refractivity contribution in [3.8, 4) is 0 Å². The number of nitrogens with zero attached hydrogens (tertiary/aromatic N) is 1. The molecule has 2 bridgehead atoms. The minimum absolute atomic E-state index is 0.516. The molecule has 0 spiro atoms. The lowest BCUT2D eigenvalue weighted by molar-refractivity contribution is 0.0640. The number of nitrogens with two attached hydrogens (primary N) is 1. The van der Waals surface area contributed by atoms with Crippen LogP contribution < -0.4 is 5.73 Å². The van der Waals surface area contributed by atoms with Gasteiger partial charge >= 0.3 is 0 Å². The Morgan fingerprint density at radius 3 is 2.38 bits per heavy atom. The molecule has 0 radical (unpaired) electrons. The van der Waals surface area contributed by atoms with E-state index in [1.54, 1.807) is 0 Å². The molecule has 2 unspecified atom stereocenters. The molecule has 0 aromatic carbocycles. The van der Waals surface area contributed by atoms with Crippen LogP contribution in [0.1, 0.15) is 32.6 Å². The minimum atomic E-state index is 0.516. The van der Waals surface area contributed by atoms with E-state index in [0.29, 0.717) is 6.04 Å². The van der Waals surface area contributed by atoms with E-state index in [-0.39, 0.29) is 0 Å². The Balaban J connectivity index is 1.95. The smallest absolute Gasteiger partial charge is 0.0120 e. The van der Waals surface area contributed by atoms with Gasteiger partial charge in [0, 0.05) is 19.1 Å². The summed E-state index contributed by atoms with van der Waals surface area (Å²) in [4.78, 5) is 2.62. The van der Waals surface area contributed by atoms with Crippen LogP contribution in [0.3, 0.4) is 0 Å². The Labute approximate surface area is 81.5 Å². The van der Waals surface area contributed by atoms with Crippen LogP contribution in [-0.2, 0) is 0 Å². The number of hydrogen-bond donors (Lipinski definition) is 1. The Morgan fingerprint density at radius 1 is 1.23 bits per heavy atom. The molecule has 2 atom stereocenters. The largest absolute Gasteiger partial charge is 0.327 e. The van der Waals surface area contributed by atoms with Gasteiger partial charge < -0.3 is 10.6 Å². The second-order valence-electron chi connectivity index (χ2n) is 4.79. The molecule has 1 heterocycles. The maximum Gasteiger partial charge on any atom is 0.0120 e. The highest BCUT2D eigenvalue weighted by Gasteiger charge is 2.36. The van der Waals surface area contributed by atoms with Gasteiger partial charge in [-0.25, -0.2) is 0 Å². The van der Waals surface area contributed by atoms with Crippen LogP contribution in [0.4, 0.5) is 0 Å². The monoisotopic (exact) mass is 182 g/mol. The van der Waals surface area contributed by atoms with E-state index in [1.165, 1.54) is 45.3 Å². The third-order valence-electron chi connectivity index (χ3n) is 3.76. The summed E-state index contributed by atoms with van der Waals surface area (Å²) in [5.41, 5.74) is 6.22. The molecule has 2 heteroatoms. The number of rotatable bonds is 2. The first kappa shape index (κ1) is 9.47. The van der Waals surface area contributed by atoms with E-state index in [0.717, 1.165) is 11.8 Å². The molecule has 1 saturated carbocycles. The van der Waals surface area contributed by atoms with Gasteiger partial charge in [-0.05, 0) is 37.6 Å². The Kier molecular flexibility index (Phi) is 2.89. The van der Waals surface area contributed by atoms with Crippen LogP contribution in [-0.4, -0.2) is 30.6 Å². The summed E-state index contributed by atoms with van der Waals surface area (Å²) < 4.78 is 0. The van der Waals surface area contributed by atoms with Crippen molar-refractivity contribution in [2.45, 2.75) is 38.6 Å². The number of hydrogen-bond acceptors (Lipinski definition) is 2. The maximum absolute atomic E-state index is 6.22. The molecule has 1 aliphatic heterocycles. The lowest BCUT2D eigenvalue weighted by Gasteiger charge is -2.45. The van der Waals surface area contributed by atoms with Crippen molar-refractivity contribution < 1.29 is 0 Å². The maximum atomic E-state index is 6.22. The predicted molar refractivity (Wildman–Crippen MR) is 55.5 cm³/mol. The van der Waals surface area contributed by atoms with Crippen LogP contribution in [0, 0.1) is 11.8 Å². The quantitative estimate of drug-likeness (QED) is 0.700. The molecule has 2 aliphatic rings. The van der Waals surface area contributed by atoms with Crippen molar-refractivity contribution >= 4 is 0 Å². The summed E-state index contributed by atoms with van der Waals surface area (Å²) in [5.74, 6) is 1.61. The van der Waals surface area contributed by atoms with Crippen molar-refractivity contribution in [3.63, 3.8) is 0 Å². The first-order valence-corrected chi connectivity index (χ1v) is 5.79. The Hall–Kier alpha value is -0.0800. The minimum Gasteiger partial charge on any atom is -0.327 e. The Morgan fingerprint density at radius 2 is 1.85 bits per heavy atom. The highest BCUT2D eigenvalue weighted by Crippen LogP contribution is 2.33. The summed E-state index contributed by atoms with van der Waals surface area (Å²) in [6.45, 7) is 6.08. The van der Waals surface area contributed by atoms with Crippen molar-refractivity contribution in [2.75, 3.05) is 19.6 Å². The standard InChI is InChI=1S/C11H22N2/c1-2-6-13-7-9-4-3-5-10(8-13)11(9)12/h9-11H,2-8,12H2,1H3. The molecule has 2 rings (SSSR count).